The molecule has 48 heavy (non-hydrogen) atoms. The Morgan fingerprint density at radius 2 is 0.896 bits per heavy atom. The Hall–Kier alpha value is -3.02. The van der Waals surface area contributed by atoms with Gasteiger partial charge in [0.25, 0.3) is 0 Å². The maximum Gasteiger partial charge on any atom is 0.234 e. The second kappa shape index (κ2) is 9.01. The Balaban J connectivity index is 1.49. The SMILES string of the molecule is CC1(C)CCC[C@]2(C)[C@H]3c4c5c(cc(=O)c(=O)c5c5c6c(cc(=O)c(=O)c46)O[C@@]4(C)CC[C@H]6C(C)(C)CCC[C@]6(C)[C@@H]54)O[C@@]3(C)CC[C@@H]12. The van der Waals surface area contributed by atoms with E-state index < -0.39 is 32.9 Å². The number of benzene rings is 3. The maximum absolute atomic E-state index is 14.6. The summed E-state index contributed by atoms with van der Waals surface area (Å²) in [5.41, 5.74) is -2.34. The third kappa shape index (κ3) is 3.51. The molecule has 2 heterocycles. The molecule has 0 aromatic heterocycles. The van der Waals surface area contributed by atoms with Gasteiger partial charge in [0, 0.05) is 45.5 Å². The highest BCUT2D eigenvalue weighted by atomic mass is 16.5. The molecule has 0 saturated heterocycles. The van der Waals surface area contributed by atoms with Gasteiger partial charge >= 0.3 is 0 Å². The van der Waals surface area contributed by atoms with Crippen molar-refractivity contribution in [3.63, 3.8) is 0 Å². The minimum absolute atomic E-state index is 0.0943. The van der Waals surface area contributed by atoms with Crippen LogP contribution in [0, 0.1) is 33.5 Å². The summed E-state index contributed by atoms with van der Waals surface area (Å²) in [5, 5.41) is 2.08. The molecule has 0 unspecified atom stereocenters. The van der Waals surface area contributed by atoms with E-state index in [0.29, 0.717) is 44.9 Å². The first kappa shape index (κ1) is 31.0. The Morgan fingerprint density at radius 3 is 1.27 bits per heavy atom. The van der Waals surface area contributed by atoms with Crippen LogP contribution in [0.3, 0.4) is 0 Å². The summed E-state index contributed by atoms with van der Waals surface area (Å²) >= 11 is 0. The lowest BCUT2D eigenvalue weighted by Crippen LogP contribution is -2.60. The summed E-state index contributed by atoms with van der Waals surface area (Å²) in [5.74, 6) is 1.09. The minimum Gasteiger partial charge on any atom is -0.486 e. The van der Waals surface area contributed by atoms with Gasteiger partial charge in [0.05, 0.1) is 0 Å². The molecule has 0 bridgehead atoms. The highest BCUT2D eigenvalue weighted by Gasteiger charge is 2.65. The zero-order valence-electron chi connectivity index (χ0n) is 30.0. The van der Waals surface area contributed by atoms with Gasteiger partial charge < -0.3 is 9.47 Å². The van der Waals surface area contributed by atoms with E-state index in [1.54, 1.807) is 0 Å². The Kier molecular flexibility index (Phi) is 5.82. The molecule has 254 valence electrons. The van der Waals surface area contributed by atoms with E-state index >= 15 is 0 Å². The van der Waals surface area contributed by atoms with Crippen LogP contribution in [-0.4, -0.2) is 11.2 Å². The molecule has 9 rings (SSSR count). The van der Waals surface area contributed by atoms with Crippen LogP contribution in [0.25, 0.3) is 21.5 Å². The van der Waals surface area contributed by atoms with Crippen molar-refractivity contribution in [2.45, 2.75) is 143 Å². The Morgan fingerprint density at radius 1 is 0.521 bits per heavy atom. The predicted octanol–water partition coefficient (Wildman–Crippen LogP) is 8.03. The van der Waals surface area contributed by atoms with Crippen LogP contribution >= 0.6 is 0 Å². The van der Waals surface area contributed by atoms with Crippen LogP contribution in [0.5, 0.6) is 11.5 Å². The van der Waals surface area contributed by atoms with Crippen molar-refractivity contribution in [2.24, 2.45) is 33.5 Å². The third-order valence-electron chi connectivity index (χ3n) is 15.7. The summed E-state index contributed by atoms with van der Waals surface area (Å²) < 4.78 is 14.1. The molecule has 3 aromatic rings. The first-order valence-electron chi connectivity index (χ1n) is 18.6. The third-order valence-corrected chi connectivity index (χ3v) is 15.7. The van der Waals surface area contributed by atoms with E-state index in [0.717, 1.165) is 75.3 Å². The van der Waals surface area contributed by atoms with E-state index in [1.807, 2.05) is 0 Å². The minimum atomic E-state index is -0.704. The molecule has 0 amide bonds. The van der Waals surface area contributed by atoms with Gasteiger partial charge in [-0.15, -0.1) is 0 Å². The van der Waals surface area contributed by atoms with Crippen LogP contribution in [0.1, 0.15) is 143 Å². The van der Waals surface area contributed by atoms with Crippen molar-refractivity contribution in [3.8, 4) is 11.5 Å². The van der Waals surface area contributed by atoms with Crippen LogP contribution in [0.15, 0.2) is 31.3 Å². The number of hydrogen-bond donors (Lipinski definition) is 0. The zero-order chi connectivity index (χ0) is 34.1. The fraction of sp³-hybridized carbons (Fsp3) is 0.667. The van der Waals surface area contributed by atoms with Crippen molar-refractivity contribution in [1.82, 2.24) is 0 Å². The van der Waals surface area contributed by atoms with Crippen LogP contribution in [-0.2, 0) is 0 Å². The molecule has 4 fully saturated rings. The smallest absolute Gasteiger partial charge is 0.234 e. The van der Waals surface area contributed by atoms with Gasteiger partial charge in [-0.25, -0.2) is 0 Å². The summed E-state index contributed by atoms with van der Waals surface area (Å²) in [7, 11) is 0. The predicted molar refractivity (Wildman–Crippen MR) is 189 cm³/mol. The van der Waals surface area contributed by atoms with E-state index in [-0.39, 0.29) is 33.5 Å². The van der Waals surface area contributed by atoms with Crippen molar-refractivity contribution in [1.29, 1.82) is 0 Å². The number of rotatable bonds is 0. The average Bonchev–Trinajstić information content (AvgIpc) is 2.96. The lowest BCUT2D eigenvalue weighted by atomic mass is 9.43. The topological polar surface area (TPSA) is 86.7 Å². The number of fused-ring (bicyclic) bond motifs is 10. The van der Waals surface area contributed by atoms with Gasteiger partial charge in [-0.3, -0.25) is 19.2 Å². The van der Waals surface area contributed by atoms with Crippen LogP contribution in [0.2, 0.25) is 0 Å². The molecule has 0 N–H and O–H groups in total. The Labute approximate surface area is 282 Å². The largest absolute Gasteiger partial charge is 0.486 e. The van der Waals surface area contributed by atoms with Gasteiger partial charge in [-0.2, -0.15) is 0 Å². The average molecular weight is 651 g/mol. The van der Waals surface area contributed by atoms with Crippen LogP contribution < -0.4 is 31.2 Å². The number of ether oxygens (including phenoxy) is 2. The fourth-order valence-electron chi connectivity index (χ4n) is 14.3. The molecule has 4 aliphatic carbocycles. The first-order valence-corrected chi connectivity index (χ1v) is 18.6. The molecule has 3 aromatic carbocycles. The maximum atomic E-state index is 14.6. The molecular formula is C42H50O6. The number of hydrogen-bond acceptors (Lipinski definition) is 6. The fourth-order valence-corrected chi connectivity index (χ4v) is 14.3. The van der Waals surface area contributed by atoms with Gasteiger partial charge in [-0.05, 0) is 110 Å². The summed E-state index contributed by atoms with van der Waals surface area (Å²) in [6.07, 6.45) is 9.84. The second-order valence-corrected chi connectivity index (χ2v) is 19.3. The normalized spacial score (nSPS) is 40.2. The molecule has 0 spiro atoms. The second-order valence-electron chi connectivity index (χ2n) is 19.3. The standard InChI is InChI=1S/C42H50O6/c1-37(2)13-9-15-39(5)25(37)11-17-41(7)35(39)31-27-23(47-41)19-22(44)34(46)30(27)32-28-24(20-21(43)33(45)29(28)31)48-42(8)18-12-26-38(3,4)14-10-16-40(26,6)36(32)42/h19-20,25-26,35-36H,9-18H2,1-8H3/t25-,26-,35+,36+,39-,40-,41-,42-/m0/s1. The van der Waals surface area contributed by atoms with E-state index in [1.165, 1.54) is 12.1 Å². The molecule has 8 atom stereocenters. The van der Waals surface area contributed by atoms with Gasteiger partial charge in [0.1, 0.15) is 22.7 Å². The van der Waals surface area contributed by atoms with Crippen LogP contribution in [0.4, 0.5) is 0 Å². The molecular weight excluding hydrogens is 600 g/mol. The van der Waals surface area contributed by atoms with Gasteiger partial charge in [-0.1, -0.05) is 54.4 Å². The first-order chi connectivity index (χ1) is 22.4. The summed E-state index contributed by atoms with van der Waals surface area (Å²) in [6, 6.07) is 2.76. The monoisotopic (exact) mass is 650 g/mol. The molecule has 4 saturated carbocycles. The molecule has 0 radical (unpaired) electrons. The molecule has 2 aliphatic heterocycles. The van der Waals surface area contributed by atoms with Crippen molar-refractivity contribution >= 4 is 21.5 Å². The molecule has 6 nitrogen and oxygen atoms in total. The van der Waals surface area contributed by atoms with Crippen molar-refractivity contribution in [2.75, 3.05) is 0 Å². The lowest BCUT2D eigenvalue weighted by Gasteiger charge is -2.64. The summed E-state index contributed by atoms with van der Waals surface area (Å²) in [4.78, 5) is 56.8. The van der Waals surface area contributed by atoms with E-state index in [2.05, 4.69) is 55.4 Å². The quantitative estimate of drug-likeness (QED) is 0.181. The van der Waals surface area contributed by atoms with E-state index in [4.69, 9.17) is 9.47 Å². The van der Waals surface area contributed by atoms with Gasteiger partial charge in [0.15, 0.2) is 0 Å². The molecule has 6 heteroatoms. The van der Waals surface area contributed by atoms with Crippen molar-refractivity contribution < 1.29 is 9.47 Å². The van der Waals surface area contributed by atoms with Gasteiger partial charge in [0.2, 0.25) is 21.7 Å². The Bertz CT molecular complexity index is 2030. The molecule has 6 aliphatic rings. The van der Waals surface area contributed by atoms with Crippen molar-refractivity contribution in [3.05, 3.63) is 64.2 Å². The highest BCUT2D eigenvalue weighted by Crippen LogP contribution is 2.71. The summed E-state index contributed by atoms with van der Waals surface area (Å²) in [6.45, 7) is 18.5. The zero-order valence-corrected chi connectivity index (χ0v) is 30.0. The highest BCUT2D eigenvalue weighted by molar-refractivity contribution is 6.12. The lowest BCUT2D eigenvalue weighted by molar-refractivity contribution is -0.128. The van der Waals surface area contributed by atoms with E-state index in [9.17, 15) is 19.2 Å².